The van der Waals surface area contributed by atoms with Crippen LogP contribution in [0.15, 0.2) is 73.0 Å². The molecular formula is C24H41N. The highest BCUT2D eigenvalue weighted by Crippen LogP contribution is 2.04. The molecule has 0 aromatic heterocycles. The average molecular weight is 344 g/mol. The summed E-state index contributed by atoms with van der Waals surface area (Å²) in [6.07, 6.45) is 7.68. The van der Waals surface area contributed by atoms with Gasteiger partial charge < -0.3 is 5.73 Å². The van der Waals surface area contributed by atoms with E-state index in [4.69, 9.17) is 5.73 Å². The molecule has 0 bridgehead atoms. The lowest BCUT2D eigenvalue weighted by Crippen LogP contribution is -1.92. The molecule has 1 aromatic carbocycles. The van der Waals surface area contributed by atoms with Gasteiger partial charge in [0.1, 0.15) is 0 Å². The van der Waals surface area contributed by atoms with Gasteiger partial charge in [-0.05, 0) is 58.6 Å². The maximum atomic E-state index is 5.51. The van der Waals surface area contributed by atoms with Gasteiger partial charge in [-0.25, -0.2) is 0 Å². The molecule has 0 atom stereocenters. The summed E-state index contributed by atoms with van der Waals surface area (Å²) >= 11 is 0. The third-order valence-corrected chi connectivity index (χ3v) is 2.88. The smallest absolute Gasteiger partial charge is 0.00784 e. The largest absolute Gasteiger partial charge is 0.402 e. The molecule has 0 aliphatic heterocycles. The van der Waals surface area contributed by atoms with Crippen LogP contribution in [-0.4, -0.2) is 0 Å². The van der Waals surface area contributed by atoms with E-state index in [0.29, 0.717) is 0 Å². The van der Waals surface area contributed by atoms with Crippen LogP contribution in [-0.2, 0) is 6.42 Å². The van der Waals surface area contributed by atoms with Crippen molar-refractivity contribution in [3.8, 4) is 0 Å². The normalized spacial score (nSPS) is 10.2. The number of allylic oxidation sites excluding steroid dienone is 5. The van der Waals surface area contributed by atoms with Crippen LogP contribution in [0.5, 0.6) is 0 Å². The minimum atomic E-state index is 0.903. The molecule has 0 spiro atoms. The van der Waals surface area contributed by atoms with Crippen LogP contribution in [0.1, 0.15) is 65.5 Å². The first kappa shape index (κ1) is 27.8. The van der Waals surface area contributed by atoms with E-state index >= 15 is 0 Å². The van der Waals surface area contributed by atoms with Gasteiger partial charge in [-0.15, -0.1) is 19.7 Å². The van der Waals surface area contributed by atoms with Crippen LogP contribution in [0.2, 0.25) is 0 Å². The van der Waals surface area contributed by atoms with Crippen LogP contribution in [0.25, 0.3) is 0 Å². The molecule has 0 fully saturated rings. The van der Waals surface area contributed by atoms with Crippen molar-refractivity contribution in [2.75, 3.05) is 0 Å². The van der Waals surface area contributed by atoms with E-state index in [-0.39, 0.29) is 0 Å². The number of hydrogen-bond donors (Lipinski definition) is 1. The highest BCUT2D eigenvalue weighted by Gasteiger charge is 1.88. The average Bonchev–Trinajstić information content (AvgIpc) is 2.57. The molecule has 0 unspecified atom stereocenters. The molecule has 0 saturated carbocycles. The fourth-order valence-electron chi connectivity index (χ4n) is 1.47. The number of benzene rings is 1. The van der Waals surface area contributed by atoms with Crippen molar-refractivity contribution in [3.63, 3.8) is 0 Å². The zero-order valence-corrected chi connectivity index (χ0v) is 17.8. The van der Waals surface area contributed by atoms with Gasteiger partial charge in [0.25, 0.3) is 0 Å². The molecule has 0 saturated heterocycles. The maximum Gasteiger partial charge on any atom is 0.00784 e. The van der Waals surface area contributed by atoms with Crippen LogP contribution in [0.4, 0.5) is 0 Å². The second-order valence-electron chi connectivity index (χ2n) is 6.12. The summed E-state index contributed by atoms with van der Waals surface area (Å²) in [5.41, 5.74) is 11.5. The fourth-order valence-corrected chi connectivity index (χ4v) is 1.47. The summed E-state index contributed by atoms with van der Waals surface area (Å²) in [7, 11) is 0. The summed E-state index contributed by atoms with van der Waals surface area (Å²) in [5.74, 6) is 0. The molecule has 0 amide bonds. The third-order valence-electron chi connectivity index (χ3n) is 2.88. The summed E-state index contributed by atoms with van der Waals surface area (Å²) in [4.78, 5) is 0. The van der Waals surface area contributed by atoms with Crippen LogP contribution in [0.3, 0.4) is 0 Å². The molecular weight excluding hydrogens is 302 g/mol. The van der Waals surface area contributed by atoms with E-state index in [2.05, 4.69) is 76.9 Å². The van der Waals surface area contributed by atoms with Crippen molar-refractivity contribution in [1.82, 2.24) is 0 Å². The zero-order valence-electron chi connectivity index (χ0n) is 17.8. The maximum absolute atomic E-state index is 5.51. The van der Waals surface area contributed by atoms with E-state index in [9.17, 15) is 0 Å². The van der Waals surface area contributed by atoms with E-state index in [1.54, 1.807) is 0 Å². The Hall–Kier alpha value is -2.02. The lowest BCUT2D eigenvalue weighted by Gasteiger charge is -1.97. The Bertz CT molecular complexity index is 481. The number of nitrogens with two attached hydrogens (primary N) is 1. The molecule has 2 N–H and O–H groups in total. The Morgan fingerprint density at radius 1 is 1.00 bits per heavy atom. The Morgan fingerprint density at radius 3 is 1.76 bits per heavy atom. The Balaban J connectivity index is -0.000000298. The van der Waals surface area contributed by atoms with Gasteiger partial charge in [0, 0.05) is 5.70 Å². The van der Waals surface area contributed by atoms with Crippen LogP contribution >= 0.6 is 0 Å². The number of hydrogen-bond acceptors (Lipinski definition) is 1. The lowest BCUT2D eigenvalue weighted by molar-refractivity contribution is 0.921. The van der Waals surface area contributed by atoms with Gasteiger partial charge in [0.2, 0.25) is 0 Å². The van der Waals surface area contributed by atoms with E-state index in [1.807, 2.05) is 27.7 Å². The second-order valence-corrected chi connectivity index (χ2v) is 6.12. The number of aryl methyl sites for hydroxylation is 2. The van der Waals surface area contributed by atoms with Gasteiger partial charge in [-0.1, -0.05) is 67.8 Å². The number of rotatable bonds is 4. The van der Waals surface area contributed by atoms with Gasteiger partial charge >= 0.3 is 0 Å². The van der Waals surface area contributed by atoms with Crippen LogP contribution in [0, 0.1) is 6.92 Å². The summed E-state index contributed by atoms with van der Waals surface area (Å²) < 4.78 is 0. The van der Waals surface area contributed by atoms with Crippen molar-refractivity contribution in [3.05, 3.63) is 84.1 Å². The highest BCUT2D eigenvalue weighted by molar-refractivity contribution is 5.21. The van der Waals surface area contributed by atoms with Crippen molar-refractivity contribution >= 4 is 0 Å². The highest BCUT2D eigenvalue weighted by atomic mass is 14.5. The zero-order chi connectivity index (χ0) is 20.3. The Kier molecular flexibility index (Phi) is 22.3. The second kappa shape index (κ2) is 20.0. The van der Waals surface area contributed by atoms with Crippen molar-refractivity contribution in [2.24, 2.45) is 5.73 Å². The quantitative estimate of drug-likeness (QED) is 0.443. The van der Waals surface area contributed by atoms with Crippen molar-refractivity contribution < 1.29 is 0 Å². The minimum Gasteiger partial charge on any atom is -0.402 e. The molecule has 0 heterocycles. The summed E-state index contributed by atoms with van der Waals surface area (Å²) in [6.45, 7) is 23.9. The van der Waals surface area contributed by atoms with Crippen molar-refractivity contribution in [1.29, 1.82) is 0 Å². The van der Waals surface area contributed by atoms with E-state index in [0.717, 1.165) is 17.7 Å². The SMILES string of the molecule is C=C.C=C(C)C.CC/C=C/C(C)=C(\C)N.CCCc1ccc(C)cc1. The van der Waals surface area contributed by atoms with Crippen molar-refractivity contribution in [2.45, 2.75) is 67.7 Å². The van der Waals surface area contributed by atoms with Crippen LogP contribution < -0.4 is 5.73 Å². The molecule has 0 aliphatic rings. The first-order valence-electron chi connectivity index (χ1n) is 9.01. The van der Waals surface area contributed by atoms with Gasteiger partial charge in [-0.3, -0.25) is 0 Å². The predicted molar refractivity (Wildman–Crippen MR) is 119 cm³/mol. The third kappa shape index (κ3) is 24.4. The monoisotopic (exact) mass is 343 g/mol. The first-order valence-corrected chi connectivity index (χ1v) is 9.01. The molecule has 1 rings (SSSR count). The Labute approximate surface area is 158 Å². The predicted octanol–water partition coefficient (Wildman–Crippen LogP) is 7.54. The molecule has 1 heteroatoms. The molecule has 1 aromatic rings. The topological polar surface area (TPSA) is 26.0 Å². The molecule has 0 aliphatic carbocycles. The van der Waals surface area contributed by atoms with E-state index < -0.39 is 0 Å². The fraction of sp³-hybridized carbons (Fsp3) is 0.417. The molecule has 0 radical (unpaired) electrons. The molecule has 1 nitrogen and oxygen atoms in total. The molecule has 142 valence electrons. The van der Waals surface area contributed by atoms with Gasteiger partial charge in [-0.2, -0.15) is 0 Å². The standard InChI is InChI=1S/C10H14.C8H15N.C4H8.C2H4/c1-3-4-10-7-5-9(2)6-8-10;1-4-5-6-7(2)8(3)9;1-4(2)3;1-2/h5-8H,3-4H2,1-2H3;5-6H,4,9H2,1-3H3;1H2,2-3H3;1-2H2/b;6-5+,8-7+;;. The Morgan fingerprint density at radius 2 is 1.44 bits per heavy atom. The first-order chi connectivity index (χ1) is 11.7. The van der Waals surface area contributed by atoms with Gasteiger partial charge in [0.15, 0.2) is 0 Å². The minimum absolute atomic E-state index is 0.903. The summed E-state index contributed by atoms with van der Waals surface area (Å²) in [5, 5.41) is 0. The van der Waals surface area contributed by atoms with Gasteiger partial charge in [0.05, 0.1) is 0 Å². The lowest BCUT2D eigenvalue weighted by atomic mass is 10.1. The van der Waals surface area contributed by atoms with E-state index in [1.165, 1.54) is 29.5 Å². The summed E-state index contributed by atoms with van der Waals surface area (Å²) in [6, 6.07) is 8.76. The molecule has 25 heavy (non-hydrogen) atoms.